The van der Waals surface area contributed by atoms with Gasteiger partial charge in [0, 0.05) is 25.2 Å². The van der Waals surface area contributed by atoms with Crippen molar-refractivity contribution in [1.29, 1.82) is 0 Å². The molecule has 2 aromatic carbocycles. The molecule has 1 aliphatic heterocycles. The Balaban J connectivity index is 1.42. The summed E-state index contributed by atoms with van der Waals surface area (Å²) in [6.07, 6.45) is 3.43. The second kappa shape index (κ2) is 6.85. The van der Waals surface area contributed by atoms with Gasteiger partial charge in [-0.1, -0.05) is 24.3 Å². The summed E-state index contributed by atoms with van der Waals surface area (Å²) in [6.45, 7) is 0.810. The molecule has 136 valence electrons. The number of hydrogen-bond acceptors (Lipinski definition) is 3. The van der Waals surface area contributed by atoms with Gasteiger partial charge in [0.25, 0.3) is 0 Å². The van der Waals surface area contributed by atoms with Crippen molar-refractivity contribution < 1.29 is 13.2 Å². The zero-order chi connectivity index (χ0) is 18.1. The molecule has 0 aromatic heterocycles. The number of nitrogens with one attached hydrogen (secondary N) is 1. The number of nitrogens with zero attached hydrogens (tertiary/aromatic N) is 1. The van der Waals surface area contributed by atoms with Crippen molar-refractivity contribution in [3.05, 3.63) is 59.7 Å². The van der Waals surface area contributed by atoms with Gasteiger partial charge < -0.3 is 4.90 Å². The fourth-order valence-corrected chi connectivity index (χ4v) is 4.97. The average Bonchev–Trinajstić information content (AvgIpc) is 3.26. The summed E-state index contributed by atoms with van der Waals surface area (Å²) in [5.41, 5.74) is 3.25. The first-order valence-electron chi connectivity index (χ1n) is 9.00. The van der Waals surface area contributed by atoms with Crippen molar-refractivity contribution in [1.82, 2.24) is 4.72 Å². The second-order valence-electron chi connectivity index (χ2n) is 7.05. The predicted octanol–water partition coefficient (Wildman–Crippen LogP) is 2.51. The van der Waals surface area contributed by atoms with Crippen LogP contribution in [0.3, 0.4) is 0 Å². The molecule has 0 saturated carbocycles. The largest absolute Gasteiger partial charge is 0.312 e. The van der Waals surface area contributed by atoms with Crippen LogP contribution in [0.1, 0.15) is 24.0 Å². The first kappa shape index (κ1) is 17.2. The summed E-state index contributed by atoms with van der Waals surface area (Å²) < 4.78 is 27.9. The van der Waals surface area contributed by atoms with Crippen LogP contribution in [0.25, 0.3) is 0 Å². The fourth-order valence-electron chi connectivity index (χ4n) is 3.80. The Morgan fingerprint density at radius 1 is 1.04 bits per heavy atom. The van der Waals surface area contributed by atoms with Crippen LogP contribution in [0.2, 0.25) is 0 Å². The van der Waals surface area contributed by atoms with Crippen molar-refractivity contribution in [2.45, 2.75) is 30.6 Å². The van der Waals surface area contributed by atoms with E-state index in [4.69, 9.17) is 0 Å². The third kappa shape index (κ3) is 3.39. The maximum Gasteiger partial charge on any atom is 0.240 e. The molecule has 2 aliphatic rings. The molecule has 4 rings (SSSR count). The van der Waals surface area contributed by atoms with E-state index in [0.717, 1.165) is 30.5 Å². The number of amides is 1. The molecule has 1 N–H and O–H groups in total. The van der Waals surface area contributed by atoms with E-state index in [1.807, 2.05) is 36.4 Å². The number of sulfonamides is 1. The van der Waals surface area contributed by atoms with Crippen molar-refractivity contribution in [2.75, 3.05) is 18.0 Å². The summed E-state index contributed by atoms with van der Waals surface area (Å²) in [4.78, 5) is 14.3. The van der Waals surface area contributed by atoms with Crippen LogP contribution in [0.5, 0.6) is 0 Å². The molecule has 1 fully saturated rings. The van der Waals surface area contributed by atoms with Crippen LogP contribution in [0.4, 0.5) is 5.69 Å². The van der Waals surface area contributed by atoms with Crippen LogP contribution >= 0.6 is 0 Å². The molecular formula is C20H22N2O3S. The van der Waals surface area contributed by atoms with E-state index >= 15 is 0 Å². The van der Waals surface area contributed by atoms with Gasteiger partial charge in [0.05, 0.1) is 4.90 Å². The lowest BCUT2D eigenvalue weighted by atomic mass is 10.1. The van der Waals surface area contributed by atoms with E-state index in [2.05, 4.69) is 4.72 Å². The maximum atomic E-state index is 12.6. The molecule has 1 heterocycles. The van der Waals surface area contributed by atoms with Gasteiger partial charge in [0.2, 0.25) is 15.9 Å². The number of aryl methyl sites for hydroxylation is 2. The summed E-state index contributed by atoms with van der Waals surface area (Å²) in [7, 11) is -3.55. The van der Waals surface area contributed by atoms with E-state index < -0.39 is 10.0 Å². The van der Waals surface area contributed by atoms with E-state index in [9.17, 15) is 13.2 Å². The molecule has 0 bridgehead atoms. The van der Waals surface area contributed by atoms with Crippen LogP contribution in [-0.4, -0.2) is 27.4 Å². The molecule has 1 unspecified atom stereocenters. The smallest absolute Gasteiger partial charge is 0.240 e. The monoisotopic (exact) mass is 370 g/mol. The van der Waals surface area contributed by atoms with E-state index in [-0.39, 0.29) is 18.4 Å². The molecule has 1 saturated heterocycles. The lowest BCUT2D eigenvalue weighted by molar-refractivity contribution is -0.117. The Morgan fingerprint density at radius 3 is 2.62 bits per heavy atom. The van der Waals surface area contributed by atoms with E-state index in [1.54, 1.807) is 17.0 Å². The van der Waals surface area contributed by atoms with Crippen LogP contribution in [0, 0.1) is 5.92 Å². The third-order valence-corrected chi connectivity index (χ3v) is 6.64. The Labute approximate surface area is 154 Å². The molecule has 6 heteroatoms. The summed E-state index contributed by atoms with van der Waals surface area (Å²) in [5, 5.41) is 0. The van der Waals surface area contributed by atoms with Gasteiger partial charge in [-0.15, -0.1) is 0 Å². The van der Waals surface area contributed by atoms with Gasteiger partial charge >= 0.3 is 0 Å². The highest BCUT2D eigenvalue weighted by molar-refractivity contribution is 7.89. The molecule has 26 heavy (non-hydrogen) atoms. The Kier molecular flexibility index (Phi) is 4.54. The highest BCUT2D eigenvalue weighted by Crippen LogP contribution is 2.26. The lowest BCUT2D eigenvalue weighted by Gasteiger charge is -2.17. The van der Waals surface area contributed by atoms with Gasteiger partial charge in [-0.05, 0) is 60.6 Å². The highest BCUT2D eigenvalue weighted by atomic mass is 32.2. The van der Waals surface area contributed by atoms with Crippen molar-refractivity contribution >= 4 is 21.6 Å². The predicted molar refractivity (Wildman–Crippen MR) is 101 cm³/mol. The summed E-state index contributed by atoms with van der Waals surface area (Å²) in [6, 6.07) is 14.9. The highest BCUT2D eigenvalue weighted by Gasteiger charge is 2.31. The summed E-state index contributed by atoms with van der Waals surface area (Å²) in [5.74, 6) is 0.0184. The quantitative estimate of drug-likeness (QED) is 0.879. The molecule has 5 nitrogen and oxygen atoms in total. The third-order valence-electron chi connectivity index (χ3n) is 5.22. The van der Waals surface area contributed by atoms with Crippen molar-refractivity contribution in [2.24, 2.45) is 5.92 Å². The molecule has 1 atom stereocenters. The number of fused-ring (bicyclic) bond motifs is 1. The van der Waals surface area contributed by atoms with Gasteiger partial charge in [-0.2, -0.15) is 0 Å². The SMILES string of the molecule is O=C1CC(CNS(=O)(=O)c2ccc3c(c2)CCC3)CN1c1ccccc1. The minimum absolute atomic E-state index is 0.0214. The first-order chi connectivity index (χ1) is 12.5. The lowest BCUT2D eigenvalue weighted by Crippen LogP contribution is -2.31. The zero-order valence-electron chi connectivity index (χ0n) is 14.5. The normalized spacial score (nSPS) is 19.8. The maximum absolute atomic E-state index is 12.6. The Morgan fingerprint density at radius 2 is 1.81 bits per heavy atom. The van der Waals surface area contributed by atoms with Gasteiger partial charge in [0.15, 0.2) is 0 Å². The van der Waals surface area contributed by atoms with E-state index in [0.29, 0.717) is 17.9 Å². The minimum atomic E-state index is -3.55. The zero-order valence-corrected chi connectivity index (χ0v) is 15.3. The topological polar surface area (TPSA) is 66.5 Å². The van der Waals surface area contributed by atoms with E-state index in [1.165, 1.54) is 5.56 Å². The second-order valence-corrected chi connectivity index (χ2v) is 8.81. The summed E-state index contributed by atoms with van der Waals surface area (Å²) >= 11 is 0. The molecule has 1 amide bonds. The molecule has 0 spiro atoms. The number of benzene rings is 2. The van der Waals surface area contributed by atoms with Crippen LogP contribution in [-0.2, 0) is 27.7 Å². The van der Waals surface area contributed by atoms with Gasteiger partial charge in [-0.3, -0.25) is 4.79 Å². The number of carbonyl (C=O) groups is 1. The van der Waals surface area contributed by atoms with Crippen molar-refractivity contribution in [3.63, 3.8) is 0 Å². The van der Waals surface area contributed by atoms with Gasteiger partial charge in [0.1, 0.15) is 0 Å². The number of anilines is 1. The molecule has 2 aromatic rings. The molecular weight excluding hydrogens is 348 g/mol. The minimum Gasteiger partial charge on any atom is -0.312 e. The number of rotatable bonds is 5. The van der Waals surface area contributed by atoms with Gasteiger partial charge in [-0.25, -0.2) is 13.1 Å². The molecule has 1 aliphatic carbocycles. The number of para-hydroxylation sites is 1. The standard InChI is InChI=1S/C20H22N2O3S/c23-20-11-15(14-22(20)18-7-2-1-3-8-18)13-21-26(24,25)19-10-9-16-5-4-6-17(16)12-19/h1-3,7-10,12,15,21H,4-6,11,13-14H2. The molecule has 0 radical (unpaired) electrons. The number of carbonyl (C=O) groups excluding carboxylic acids is 1. The van der Waals surface area contributed by atoms with Crippen molar-refractivity contribution in [3.8, 4) is 0 Å². The number of hydrogen-bond donors (Lipinski definition) is 1. The Hall–Kier alpha value is -2.18. The average molecular weight is 370 g/mol. The first-order valence-corrected chi connectivity index (χ1v) is 10.5. The Bertz CT molecular complexity index is 925. The van der Waals surface area contributed by atoms with Crippen LogP contribution in [0.15, 0.2) is 53.4 Å². The fraction of sp³-hybridized carbons (Fsp3) is 0.350. The van der Waals surface area contributed by atoms with Crippen LogP contribution < -0.4 is 9.62 Å².